The van der Waals surface area contributed by atoms with Gasteiger partial charge in [-0.2, -0.15) is 5.10 Å². The Balaban J connectivity index is 1.25. The van der Waals surface area contributed by atoms with E-state index in [2.05, 4.69) is 69.4 Å². The lowest BCUT2D eigenvalue weighted by molar-refractivity contribution is 0.0209. The molecule has 0 aliphatic carbocycles. The number of benzene rings is 1. The molecule has 0 unspecified atom stereocenters. The van der Waals surface area contributed by atoms with Gasteiger partial charge in [0, 0.05) is 40.9 Å². The second-order valence-corrected chi connectivity index (χ2v) is 16.9. The number of fused-ring (bicyclic) bond motifs is 2. The van der Waals surface area contributed by atoms with E-state index < -0.39 is 14.2 Å². The van der Waals surface area contributed by atoms with Gasteiger partial charge < -0.3 is 25.2 Å². The minimum atomic E-state index is -1.19. The molecule has 0 amide bonds. The van der Waals surface area contributed by atoms with Gasteiger partial charge >= 0.3 is 0 Å². The number of hydrogen-bond donors (Lipinski definition) is 3. The molecule has 2 aromatic heterocycles. The van der Waals surface area contributed by atoms with Crippen molar-refractivity contribution in [2.75, 3.05) is 50.1 Å². The highest BCUT2D eigenvalue weighted by Gasteiger charge is 2.24. The van der Waals surface area contributed by atoms with Gasteiger partial charge in [0.15, 0.2) is 11.6 Å². The van der Waals surface area contributed by atoms with E-state index in [1.54, 1.807) is 6.33 Å². The van der Waals surface area contributed by atoms with Crippen LogP contribution in [0.1, 0.15) is 11.1 Å². The normalized spacial score (nSPS) is 17.4. The average Bonchev–Trinajstić information content (AvgIpc) is 3.20. The Bertz CT molecular complexity index is 1190. The maximum absolute atomic E-state index is 10.8. The standard InChI is InChI=1S/C26H39N7O3Si/c1-37(2,3)11-10-35-18-33-24-23(28-17-29-26(24)30-21-15-36-16-21)25(31-33)27-12-22(34)14-32-9-8-19-6-4-5-7-20(19)13-32/h4-7,17,21-22,34H,8-16,18H2,1-3H3,(H,27,31)(H,28,29,30)/t22-/m1/s1. The van der Waals surface area contributed by atoms with E-state index in [-0.39, 0.29) is 6.04 Å². The summed E-state index contributed by atoms with van der Waals surface area (Å²) in [6.07, 6.45) is 2.03. The Morgan fingerprint density at radius 1 is 1.16 bits per heavy atom. The fourth-order valence-electron chi connectivity index (χ4n) is 4.66. The van der Waals surface area contributed by atoms with Crippen LogP contribution in [0, 0.1) is 0 Å². The van der Waals surface area contributed by atoms with Gasteiger partial charge in [0.2, 0.25) is 0 Å². The van der Waals surface area contributed by atoms with Crippen molar-refractivity contribution >= 4 is 30.7 Å². The van der Waals surface area contributed by atoms with Crippen molar-refractivity contribution in [1.82, 2.24) is 24.6 Å². The molecule has 0 radical (unpaired) electrons. The van der Waals surface area contributed by atoms with Crippen LogP contribution in [0.2, 0.25) is 25.7 Å². The number of nitrogens with one attached hydrogen (secondary N) is 2. The van der Waals surface area contributed by atoms with E-state index in [9.17, 15) is 5.11 Å². The van der Waals surface area contributed by atoms with E-state index in [1.165, 1.54) is 11.1 Å². The van der Waals surface area contributed by atoms with Crippen molar-refractivity contribution in [3.05, 3.63) is 41.7 Å². The van der Waals surface area contributed by atoms with E-state index >= 15 is 0 Å². The highest BCUT2D eigenvalue weighted by atomic mass is 28.3. The van der Waals surface area contributed by atoms with Gasteiger partial charge in [0.05, 0.1) is 25.4 Å². The van der Waals surface area contributed by atoms with Crippen LogP contribution in [0.3, 0.4) is 0 Å². The molecule has 1 fully saturated rings. The van der Waals surface area contributed by atoms with Crippen LogP contribution < -0.4 is 10.6 Å². The van der Waals surface area contributed by atoms with Crippen molar-refractivity contribution in [2.45, 2.75) is 57.5 Å². The first-order valence-corrected chi connectivity index (χ1v) is 16.9. The van der Waals surface area contributed by atoms with Crippen LogP contribution in [-0.2, 0) is 29.2 Å². The van der Waals surface area contributed by atoms with Gasteiger partial charge in [0.1, 0.15) is 24.1 Å². The second kappa shape index (κ2) is 11.4. The van der Waals surface area contributed by atoms with Crippen molar-refractivity contribution < 1.29 is 14.6 Å². The number of aliphatic hydroxyl groups excluding tert-OH is 1. The Morgan fingerprint density at radius 2 is 1.97 bits per heavy atom. The predicted octanol–water partition coefficient (Wildman–Crippen LogP) is 2.78. The Hall–Kier alpha value is -2.57. The molecule has 11 heteroatoms. The summed E-state index contributed by atoms with van der Waals surface area (Å²) >= 11 is 0. The molecule has 2 aliphatic heterocycles. The first kappa shape index (κ1) is 26.1. The SMILES string of the molecule is C[Si](C)(C)CCOCn1nc(NC[C@@H](O)CN2CCc3ccccc3C2)c2ncnc(NC3COC3)c21. The summed E-state index contributed by atoms with van der Waals surface area (Å²) in [6, 6.07) is 9.87. The first-order chi connectivity index (χ1) is 17.9. The lowest BCUT2D eigenvalue weighted by Crippen LogP contribution is -2.40. The number of ether oxygens (including phenoxy) is 2. The zero-order valence-electron chi connectivity index (χ0n) is 22.1. The molecule has 200 valence electrons. The molecule has 1 atom stereocenters. The number of nitrogens with zero attached hydrogens (tertiary/aromatic N) is 5. The van der Waals surface area contributed by atoms with E-state index in [0.717, 1.165) is 36.9 Å². The molecule has 10 nitrogen and oxygen atoms in total. The molecular weight excluding hydrogens is 486 g/mol. The molecule has 2 aliphatic rings. The topological polar surface area (TPSA) is 110 Å². The number of β-amino-alcohol motifs (C(OH)–C–C–N with tert-alkyl or cyclic N) is 1. The van der Waals surface area contributed by atoms with Crippen LogP contribution in [0.15, 0.2) is 30.6 Å². The molecule has 4 heterocycles. The van der Waals surface area contributed by atoms with Gasteiger partial charge in [-0.05, 0) is 23.6 Å². The maximum atomic E-state index is 10.8. The molecule has 0 spiro atoms. The lowest BCUT2D eigenvalue weighted by atomic mass is 10.00. The second-order valence-electron chi connectivity index (χ2n) is 11.3. The molecular formula is C26H39N7O3Si. The zero-order chi connectivity index (χ0) is 25.8. The Kier molecular flexibility index (Phi) is 8.06. The fourth-order valence-corrected chi connectivity index (χ4v) is 5.42. The summed E-state index contributed by atoms with van der Waals surface area (Å²) in [5.41, 5.74) is 4.27. The molecule has 5 rings (SSSR count). The summed E-state index contributed by atoms with van der Waals surface area (Å²) < 4.78 is 13.2. The van der Waals surface area contributed by atoms with Gasteiger partial charge in [-0.15, -0.1) is 0 Å². The number of aromatic nitrogens is 4. The summed E-state index contributed by atoms with van der Waals surface area (Å²) in [7, 11) is -1.19. The van der Waals surface area contributed by atoms with E-state index in [1.807, 2.05) is 4.68 Å². The molecule has 0 saturated carbocycles. The maximum Gasteiger partial charge on any atom is 0.175 e. The van der Waals surface area contributed by atoms with Crippen LogP contribution in [0.25, 0.3) is 11.0 Å². The largest absolute Gasteiger partial charge is 0.390 e. The number of anilines is 2. The van der Waals surface area contributed by atoms with Crippen molar-refractivity contribution in [3.63, 3.8) is 0 Å². The molecule has 0 bridgehead atoms. The van der Waals surface area contributed by atoms with Crippen LogP contribution in [-0.4, -0.2) is 89.4 Å². The van der Waals surface area contributed by atoms with Crippen molar-refractivity contribution in [1.29, 1.82) is 0 Å². The van der Waals surface area contributed by atoms with Gasteiger partial charge in [-0.1, -0.05) is 43.9 Å². The third kappa shape index (κ3) is 6.66. The fraction of sp³-hybridized carbons (Fsp3) is 0.577. The highest BCUT2D eigenvalue weighted by molar-refractivity contribution is 6.76. The summed E-state index contributed by atoms with van der Waals surface area (Å²) in [6.45, 7) is 12.2. The number of hydrogen-bond acceptors (Lipinski definition) is 9. The lowest BCUT2D eigenvalue weighted by Gasteiger charge is -2.30. The molecule has 3 aromatic rings. The average molecular weight is 526 g/mol. The molecule has 37 heavy (non-hydrogen) atoms. The predicted molar refractivity (Wildman–Crippen MR) is 148 cm³/mol. The Labute approximate surface area is 219 Å². The van der Waals surface area contributed by atoms with Gasteiger partial charge in [-0.3, -0.25) is 4.90 Å². The summed E-state index contributed by atoms with van der Waals surface area (Å²) in [5, 5.41) is 22.4. The first-order valence-electron chi connectivity index (χ1n) is 13.2. The minimum Gasteiger partial charge on any atom is -0.390 e. The van der Waals surface area contributed by atoms with Crippen molar-refractivity contribution in [3.8, 4) is 0 Å². The van der Waals surface area contributed by atoms with Crippen LogP contribution in [0.4, 0.5) is 11.6 Å². The van der Waals surface area contributed by atoms with Crippen LogP contribution in [0.5, 0.6) is 0 Å². The summed E-state index contributed by atoms with van der Waals surface area (Å²) in [5.74, 6) is 1.35. The quantitative estimate of drug-likeness (QED) is 0.243. The van der Waals surface area contributed by atoms with Gasteiger partial charge in [-0.25, -0.2) is 14.6 Å². The number of aliphatic hydroxyl groups is 1. The van der Waals surface area contributed by atoms with E-state index in [0.29, 0.717) is 51.0 Å². The van der Waals surface area contributed by atoms with Crippen LogP contribution >= 0.6 is 0 Å². The number of rotatable bonds is 12. The molecule has 1 saturated heterocycles. The third-order valence-electron chi connectivity index (χ3n) is 6.90. The van der Waals surface area contributed by atoms with Crippen molar-refractivity contribution in [2.24, 2.45) is 0 Å². The monoisotopic (exact) mass is 525 g/mol. The zero-order valence-corrected chi connectivity index (χ0v) is 23.1. The summed E-state index contributed by atoms with van der Waals surface area (Å²) in [4.78, 5) is 11.3. The minimum absolute atomic E-state index is 0.224. The third-order valence-corrected chi connectivity index (χ3v) is 8.60. The molecule has 3 N–H and O–H groups in total. The Morgan fingerprint density at radius 3 is 2.73 bits per heavy atom. The van der Waals surface area contributed by atoms with E-state index in [4.69, 9.17) is 14.6 Å². The van der Waals surface area contributed by atoms with Gasteiger partial charge in [0.25, 0.3) is 0 Å². The molecule has 1 aromatic carbocycles. The smallest absolute Gasteiger partial charge is 0.175 e. The highest BCUT2D eigenvalue weighted by Crippen LogP contribution is 2.27.